The number of hydrogen-bond donors (Lipinski definition) is 2. The Hall–Kier alpha value is -3.35. The predicted octanol–water partition coefficient (Wildman–Crippen LogP) is 5.34. The third-order valence-corrected chi connectivity index (χ3v) is 3.82. The smallest absolute Gasteiger partial charge is 0.308 e. The lowest BCUT2D eigenvalue weighted by molar-refractivity contribution is -0.137. The van der Waals surface area contributed by atoms with Crippen molar-refractivity contribution in [3.8, 4) is 0 Å². The van der Waals surface area contributed by atoms with Crippen molar-refractivity contribution in [1.29, 1.82) is 0 Å². The van der Waals surface area contributed by atoms with Crippen molar-refractivity contribution in [3.63, 3.8) is 0 Å². The fourth-order valence-corrected chi connectivity index (χ4v) is 2.51. The number of carbonyl (C=O) groups is 1. The molecule has 3 aromatic rings. The summed E-state index contributed by atoms with van der Waals surface area (Å²) in [7, 11) is 0. The SMILES string of the molecule is O=C(Nc1ccc(Cc2ccncc2)cc1)Nc1cccc(C(F)(F)F)c1. The van der Waals surface area contributed by atoms with E-state index in [-0.39, 0.29) is 5.69 Å². The van der Waals surface area contributed by atoms with Crippen LogP contribution < -0.4 is 10.6 Å². The largest absolute Gasteiger partial charge is 0.416 e. The van der Waals surface area contributed by atoms with Crippen LogP contribution in [0.4, 0.5) is 29.3 Å². The van der Waals surface area contributed by atoms with Crippen molar-refractivity contribution in [2.75, 3.05) is 10.6 Å². The van der Waals surface area contributed by atoms with Crippen LogP contribution in [0.3, 0.4) is 0 Å². The lowest BCUT2D eigenvalue weighted by atomic mass is 10.1. The maximum Gasteiger partial charge on any atom is 0.416 e. The van der Waals surface area contributed by atoms with Crippen molar-refractivity contribution < 1.29 is 18.0 Å². The number of nitrogens with zero attached hydrogens (tertiary/aromatic N) is 1. The molecular weight excluding hydrogens is 355 g/mol. The Bertz CT molecular complexity index is 910. The highest BCUT2D eigenvalue weighted by atomic mass is 19.4. The summed E-state index contributed by atoms with van der Waals surface area (Å²) in [5.74, 6) is 0. The summed E-state index contributed by atoms with van der Waals surface area (Å²) in [5.41, 5.74) is 1.97. The zero-order chi connectivity index (χ0) is 19.3. The monoisotopic (exact) mass is 371 g/mol. The molecule has 0 unspecified atom stereocenters. The molecule has 7 heteroatoms. The second-order valence-corrected chi connectivity index (χ2v) is 5.89. The van der Waals surface area contributed by atoms with Gasteiger partial charge in [-0.2, -0.15) is 13.2 Å². The molecule has 2 N–H and O–H groups in total. The third-order valence-electron chi connectivity index (χ3n) is 3.82. The number of alkyl halides is 3. The van der Waals surface area contributed by atoms with E-state index in [1.165, 1.54) is 12.1 Å². The van der Waals surface area contributed by atoms with Crippen molar-refractivity contribution in [3.05, 3.63) is 89.7 Å². The van der Waals surface area contributed by atoms with Gasteiger partial charge in [0.1, 0.15) is 0 Å². The number of aromatic nitrogens is 1. The zero-order valence-electron chi connectivity index (χ0n) is 14.1. The number of halogens is 3. The van der Waals surface area contributed by atoms with Crippen LogP contribution in [-0.4, -0.2) is 11.0 Å². The van der Waals surface area contributed by atoms with Crippen LogP contribution in [0, 0.1) is 0 Å². The lowest BCUT2D eigenvalue weighted by Crippen LogP contribution is -2.19. The standard InChI is InChI=1S/C20H16F3N3O/c21-20(22,23)16-2-1-3-18(13-16)26-19(27)25-17-6-4-14(5-7-17)12-15-8-10-24-11-9-15/h1-11,13H,12H2,(H2,25,26,27). The Kier molecular flexibility index (Phi) is 5.40. The molecule has 2 aromatic carbocycles. The molecule has 0 bridgehead atoms. The molecule has 0 aliphatic carbocycles. The highest BCUT2D eigenvalue weighted by Gasteiger charge is 2.30. The number of carbonyl (C=O) groups excluding carboxylic acids is 1. The number of urea groups is 1. The van der Waals surface area contributed by atoms with Crippen LogP contribution in [0.1, 0.15) is 16.7 Å². The molecule has 4 nitrogen and oxygen atoms in total. The second kappa shape index (κ2) is 7.90. The number of anilines is 2. The number of pyridine rings is 1. The first kappa shape index (κ1) is 18.4. The lowest BCUT2D eigenvalue weighted by Gasteiger charge is -2.11. The summed E-state index contributed by atoms with van der Waals surface area (Å²) in [6.45, 7) is 0. The fraction of sp³-hybridized carbons (Fsp3) is 0.100. The second-order valence-electron chi connectivity index (χ2n) is 5.89. The molecule has 1 aromatic heterocycles. The summed E-state index contributed by atoms with van der Waals surface area (Å²) in [6, 6.07) is 14.9. The molecule has 2 amide bonds. The molecule has 0 radical (unpaired) electrons. The Morgan fingerprint density at radius 1 is 0.852 bits per heavy atom. The van der Waals surface area contributed by atoms with E-state index in [1.807, 2.05) is 24.3 Å². The van der Waals surface area contributed by atoms with Gasteiger partial charge in [-0.05, 0) is 60.0 Å². The molecule has 3 rings (SSSR count). The number of rotatable bonds is 4. The summed E-state index contributed by atoms with van der Waals surface area (Å²) < 4.78 is 38.1. The van der Waals surface area contributed by atoms with Crippen molar-refractivity contribution in [2.45, 2.75) is 12.6 Å². The molecule has 0 fully saturated rings. The Morgan fingerprint density at radius 2 is 1.48 bits per heavy atom. The quantitative estimate of drug-likeness (QED) is 0.651. The van der Waals surface area contributed by atoms with E-state index in [1.54, 1.807) is 24.5 Å². The molecule has 0 saturated carbocycles. The van der Waals surface area contributed by atoms with Crippen LogP contribution in [0.15, 0.2) is 73.1 Å². The Morgan fingerprint density at radius 3 is 2.15 bits per heavy atom. The number of benzene rings is 2. The van der Waals surface area contributed by atoms with Crippen LogP contribution in [0.2, 0.25) is 0 Å². The van der Waals surface area contributed by atoms with E-state index < -0.39 is 17.8 Å². The van der Waals surface area contributed by atoms with Crippen molar-refractivity contribution in [1.82, 2.24) is 4.98 Å². The van der Waals surface area contributed by atoms with Crippen LogP contribution in [0.25, 0.3) is 0 Å². The molecule has 0 saturated heterocycles. The van der Waals surface area contributed by atoms with Gasteiger partial charge in [-0.15, -0.1) is 0 Å². The summed E-state index contributed by atoms with van der Waals surface area (Å²) >= 11 is 0. The number of hydrogen-bond acceptors (Lipinski definition) is 2. The van der Waals surface area contributed by atoms with E-state index in [4.69, 9.17) is 0 Å². The van der Waals surface area contributed by atoms with E-state index in [0.717, 1.165) is 29.7 Å². The average Bonchev–Trinajstić information content (AvgIpc) is 2.64. The summed E-state index contributed by atoms with van der Waals surface area (Å²) in [6.07, 6.45) is -0.273. The van der Waals surface area contributed by atoms with E-state index in [2.05, 4.69) is 15.6 Å². The van der Waals surface area contributed by atoms with E-state index in [9.17, 15) is 18.0 Å². The molecule has 0 spiro atoms. The highest BCUT2D eigenvalue weighted by molar-refractivity contribution is 5.99. The van der Waals surface area contributed by atoms with Gasteiger partial charge in [-0.3, -0.25) is 4.98 Å². The van der Waals surface area contributed by atoms with Gasteiger partial charge in [0.15, 0.2) is 0 Å². The Balaban J connectivity index is 1.60. The normalized spacial score (nSPS) is 11.1. The topological polar surface area (TPSA) is 54.0 Å². The molecule has 0 aliphatic rings. The maximum absolute atomic E-state index is 12.7. The summed E-state index contributed by atoms with van der Waals surface area (Å²) in [5, 5.41) is 5.00. The molecular formula is C20H16F3N3O. The minimum absolute atomic E-state index is 0.0663. The first-order valence-electron chi connectivity index (χ1n) is 8.13. The summed E-state index contributed by atoms with van der Waals surface area (Å²) in [4.78, 5) is 16.0. The van der Waals surface area contributed by atoms with Gasteiger partial charge >= 0.3 is 12.2 Å². The molecule has 138 valence electrons. The highest BCUT2D eigenvalue weighted by Crippen LogP contribution is 2.30. The van der Waals surface area contributed by atoms with Gasteiger partial charge < -0.3 is 10.6 Å². The average molecular weight is 371 g/mol. The third kappa shape index (κ3) is 5.31. The van der Waals surface area contributed by atoms with E-state index >= 15 is 0 Å². The van der Waals surface area contributed by atoms with E-state index in [0.29, 0.717) is 5.69 Å². The molecule has 1 heterocycles. The van der Waals surface area contributed by atoms with Gasteiger partial charge in [0.05, 0.1) is 5.56 Å². The van der Waals surface area contributed by atoms with Crippen LogP contribution in [-0.2, 0) is 12.6 Å². The fourth-order valence-electron chi connectivity index (χ4n) is 2.51. The van der Waals surface area contributed by atoms with Crippen LogP contribution in [0.5, 0.6) is 0 Å². The number of amides is 2. The van der Waals surface area contributed by atoms with Crippen molar-refractivity contribution >= 4 is 17.4 Å². The van der Waals surface area contributed by atoms with Crippen molar-refractivity contribution in [2.24, 2.45) is 0 Å². The molecule has 27 heavy (non-hydrogen) atoms. The first-order valence-corrected chi connectivity index (χ1v) is 8.13. The van der Waals surface area contributed by atoms with Gasteiger partial charge in [0.25, 0.3) is 0 Å². The minimum Gasteiger partial charge on any atom is -0.308 e. The van der Waals surface area contributed by atoms with Gasteiger partial charge in [0, 0.05) is 23.8 Å². The van der Waals surface area contributed by atoms with Crippen LogP contribution >= 0.6 is 0 Å². The maximum atomic E-state index is 12.7. The van der Waals surface area contributed by atoms with Gasteiger partial charge in [0.2, 0.25) is 0 Å². The molecule has 0 aliphatic heterocycles. The van der Waals surface area contributed by atoms with Gasteiger partial charge in [-0.25, -0.2) is 4.79 Å². The number of nitrogens with one attached hydrogen (secondary N) is 2. The zero-order valence-corrected chi connectivity index (χ0v) is 14.1. The first-order chi connectivity index (χ1) is 12.9. The minimum atomic E-state index is -4.46. The predicted molar refractivity (Wildman–Crippen MR) is 97.6 cm³/mol. The van der Waals surface area contributed by atoms with Gasteiger partial charge in [-0.1, -0.05) is 18.2 Å². The molecule has 0 atom stereocenters. The Labute approximate surface area is 154 Å².